The zero-order valence-corrected chi connectivity index (χ0v) is 10.4. The molecule has 0 radical (unpaired) electrons. The SMILES string of the molecule is CC1CCCC(O)(CNCC2CCOC2)C1. The molecular weight excluding hydrogens is 202 g/mol. The quantitative estimate of drug-likeness (QED) is 0.766. The van der Waals surface area contributed by atoms with Crippen LogP contribution in [0.15, 0.2) is 0 Å². The van der Waals surface area contributed by atoms with Crippen molar-refractivity contribution in [3.63, 3.8) is 0 Å². The third-order valence-electron chi connectivity index (χ3n) is 3.98. The van der Waals surface area contributed by atoms with Crippen LogP contribution in [0, 0.1) is 11.8 Å². The van der Waals surface area contributed by atoms with Gasteiger partial charge in [-0.05, 0) is 31.1 Å². The van der Waals surface area contributed by atoms with E-state index in [1.807, 2.05) is 0 Å². The lowest BCUT2D eigenvalue weighted by atomic mass is 9.79. The van der Waals surface area contributed by atoms with Crippen LogP contribution in [-0.4, -0.2) is 37.0 Å². The van der Waals surface area contributed by atoms with Gasteiger partial charge in [0, 0.05) is 19.7 Å². The summed E-state index contributed by atoms with van der Waals surface area (Å²) in [6.45, 7) is 5.80. The van der Waals surface area contributed by atoms with E-state index < -0.39 is 5.60 Å². The first kappa shape index (κ1) is 12.3. The Morgan fingerprint density at radius 3 is 3.00 bits per heavy atom. The van der Waals surface area contributed by atoms with Crippen molar-refractivity contribution in [3.8, 4) is 0 Å². The van der Waals surface area contributed by atoms with Crippen LogP contribution in [0.4, 0.5) is 0 Å². The summed E-state index contributed by atoms with van der Waals surface area (Å²) in [5.41, 5.74) is -0.447. The van der Waals surface area contributed by atoms with Gasteiger partial charge < -0.3 is 15.2 Å². The maximum absolute atomic E-state index is 10.4. The molecule has 2 fully saturated rings. The maximum atomic E-state index is 10.4. The topological polar surface area (TPSA) is 41.5 Å². The smallest absolute Gasteiger partial charge is 0.0774 e. The van der Waals surface area contributed by atoms with Gasteiger partial charge in [-0.25, -0.2) is 0 Å². The molecular formula is C13H25NO2. The molecule has 2 rings (SSSR count). The zero-order chi connectivity index (χ0) is 11.4. The first-order chi connectivity index (χ1) is 7.68. The molecule has 3 unspecified atom stereocenters. The fourth-order valence-corrected chi connectivity index (χ4v) is 3.05. The Bertz CT molecular complexity index is 216. The highest BCUT2D eigenvalue weighted by Gasteiger charge is 2.32. The number of hydrogen-bond donors (Lipinski definition) is 2. The van der Waals surface area contributed by atoms with Gasteiger partial charge in [0.1, 0.15) is 0 Å². The van der Waals surface area contributed by atoms with Crippen molar-refractivity contribution in [2.45, 2.75) is 44.6 Å². The summed E-state index contributed by atoms with van der Waals surface area (Å²) in [6.07, 6.45) is 5.54. The van der Waals surface area contributed by atoms with E-state index in [0.717, 1.165) is 39.1 Å². The van der Waals surface area contributed by atoms with Crippen molar-refractivity contribution < 1.29 is 9.84 Å². The van der Waals surface area contributed by atoms with Gasteiger partial charge in [0.25, 0.3) is 0 Å². The van der Waals surface area contributed by atoms with Gasteiger partial charge in [-0.3, -0.25) is 0 Å². The summed E-state index contributed by atoms with van der Waals surface area (Å²) in [7, 11) is 0. The minimum Gasteiger partial charge on any atom is -0.389 e. The lowest BCUT2D eigenvalue weighted by Crippen LogP contribution is -2.45. The second-order valence-electron chi connectivity index (χ2n) is 5.79. The highest BCUT2D eigenvalue weighted by atomic mass is 16.5. The van der Waals surface area contributed by atoms with E-state index in [1.165, 1.54) is 19.3 Å². The van der Waals surface area contributed by atoms with Gasteiger partial charge in [-0.2, -0.15) is 0 Å². The molecule has 0 aromatic heterocycles. The predicted molar refractivity (Wildman–Crippen MR) is 64.4 cm³/mol. The lowest BCUT2D eigenvalue weighted by Gasteiger charge is -2.36. The molecule has 3 atom stereocenters. The Labute approximate surface area is 98.6 Å². The monoisotopic (exact) mass is 227 g/mol. The molecule has 1 saturated carbocycles. The maximum Gasteiger partial charge on any atom is 0.0774 e. The summed E-state index contributed by atoms with van der Waals surface area (Å²) >= 11 is 0. The third kappa shape index (κ3) is 3.44. The van der Waals surface area contributed by atoms with E-state index >= 15 is 0 Å². The van der Waals surface area contributed by atoms with Crippen LogP contribution in [0.3, 0.4) is 0 Å². The molecule has 3 heteroatoms. The Hall–Kier alpha value is -0.120. The molecule has 1 saturated heterocycles. The molecule has 2 aliphatic rings. The fraction of sp³-hybridized carbons (Fsp3) is 1.00. The lowest BCUT2D eigenvalue weighted by molar-refractivity contribution is -0.0122. The molecule has 1 aliphatic heterocycles. The zero-order valence-electron chi connectivity index (χ0n) is 10.4. The van der Waals surface area contributed by atoms with E-state index in [-0.39, 0.29) is 0 Å². The Morgan fingerprint density at radius 2 is 2.31 bits per heavy atom. The number of nitrogens with one attached hydrogen (secondary N) is 1. The Kier molecular flexibility index (Phi) is 4.22. The molecule has 94 valence electrons. The summed E-state index contributed by atoms with van der Waals surface area (Å²) in [5.74, 6) is 1.33. The minimum atomic E-state index is -0.447. The van der Waals surface area contributed by atoms with Crippen molar-refractivity contribution in [1.82, 2.24) is 5.32 Å². The fourth-order valence-electron chi connectivity index (χ4n) is 3.05. The van der Waals surface area contributed by atoms with Gasteiger partial charge in [-0.15, -0.1) is 0 Å². The van der Waals surface area contributed by atoms with Crippen LogP contribution in [0.2, 0.25) is 0 Å². The summed E-state index contributed by atoms with van der Waals surface area (Å²) in [5, 5.41) is 13.8. The van der Waals surface area contributed by atoms with E-state index in [9.17, 15) is 5.11 Å². The van der Waals surface area contributed by atoms with E-state index in [2.05, 4.69) is 12.2 Å². The molecule has 1 aliphatic carbocycles. The van der Waals surface area contributed by atoms with Gasteiger partial charge in [0.05, 0.1) is 12.2 Å². The van der Waals surface area contributed by atoms with E-state index in [4.69, 9.17) is 4.74 Å². The van der Waals surface area contributed by atoms with Gasteiger partial charge in [0.2, 0.25) is 0 Å². The van der Waals surface area contributed by atoms with Crippen LogP contribution in [0.5, 0.6) is 0 Å². The van der Waals surface area contributed by atoms with E-state index in [1.54, 1.807) is 0 Å². The van der Waals surface area contributed by atoms with Crippen molar-refractivity contribution in [1.29, 1.82) is 0 Å². The number of aliphatic hydroxyl groups is 1. The molecule has 0 spiro atoms. The van der Waals surface area contributed by atoms with Crippen LogP contribution in [-0.2, 0) is 4.74 Å². The van der Waals surface area contributed by atoms with Gasteiger partial charge >= 0.3 is 0 Å². The van der Waals surface area contributed by atoms with Crippen LogP contribution in [0.25, 0.3) is 0 Å². The number of ether oxygens (including phenoxy) is 1. The van der Waals surface area contributed by atoms with Crippen molar-refractivity contribution in [2.75, 3.05) is 26.3 Å². The molecule has 0 amide bonds. The minimum absolute atomic E-state index is 0.447. The highest BCUT2D eigenvalue weighted by Crippen LogP contribution is 2.31. The molecule has 1 heterocycles. The van der Waals surface area contributed by atoms with Gasteiger partial charge in [0.15, 0.2) is 0 Å². The number of rotatable bonds is 4. The Balaban J connectivity index is 1.67. The summed E-state index contributed by atoms with van der Waals surface area (Å²) in [6, 6.07) is 0. The normalized spacial score (nSPS) is 40.1. The Morgan fingerprint density at radius 1 is 1.44 bits per heavy atom. The first-order valence-corrected chi connectivity index (χ1v) is 6.69. The third-order valence-corrected chi connectivity index (χ3v) is 3.98. The second kappa shape index (κ2) is 5.48. The largest absolute Gasteiger partial charge is 0.389 e. The summed E-state index contributed by atoms with van der Waals surface area (Å²) in [4.78, 5) is 0. The molecule has 16 heavy (non-hydrogen) atoms. The first-order valence-electron chi connectivity index (χ1n) is 6.69. The second-order valence-corrected chi connectivity index (χ2v) is 5.79. The molecule has 2 N–H and O–H groups in total. The van der Waals surface area contributed by atoms with Crippen LogP contribution >= 0.6 is 0 Å². The van der Waals surface area contributed by atoms with Crippen molar-refractivity contribution in [3.05, 3.63) is 0 Å². The average Bonchev–Trinajstić information content (AvgIpc) is 2.69. The molecule has 0 aromatic carbocycles. The van der Waals surface area contributed by atoms with Crippen LogP contribution < -0.4 is 5.32 Å². The standard InChI is InChI=1S/C13H25NO2/c1-11-3-2-5-13(15,7-11)10-14-8-12-4-6-16-9-12/h11-12,14-15H,2-10H2,1H3. The number of hydrogen-bond acceptors (Lipinski definition) is 3. The molecule has 0 bridgehead atoms. The van der Waals surface area contributed by atoms with Crippen molar-refractivity contribution in [2.24, 2.45) is 11.8 Å². The highest BCUT2D eigenvalue weighted by molar-refractivity contribution is 4.87. The predicted octanol–water partition coefficient (Wildman–Crippen LogP) is 1.55. The average molecular weight is 227 g/mol. The van der Waals surface area contributed by atoms with Crippen molar-refractivity contribution >= 4 is 0 Å². The van der Waals surface area contributed by atoms with E-state index in [0.29, 0.717) is 11.8 Å². The van der Waals surface area contributed by atoms with Gasteiger partial charge in [-0.1, -0.05) is 19.8 Å². The molecule has 0 aromatic rings. The summed E-state index contributed by atoms with van der Waals surface area (Å²) < 4.78 is 5.34. The molecule has 3 nitrogen and oxygen atoms in total. The van der Waals surface area contributed by atoms with Crippen LogP contribution in [0.1, 0.15) is 39.0 Å².